The highest BCUT2D eigenvalue weighted by Gasteiger charge is 2.14. The molecule has 0 spiro atoms. The maximum absolute atomic E-state index is 6.11. The highest BCUT2D eigenvalue weighted by molar-refractivity contribution is 7.26. The van der Waals surface area contributed by atoms with Gasteiger partial charge in [-0.15, -0.1) is 11.3 Å². The van der Waals surface area contributed by atoms with Gasteiger partial charge in [0.25, 0.3) is 0 Å². The summed E-state index contributed by atoms with van der Waals surface area (Å²) in [5.41, 5.74) is 5.93. The number of hydrogen-bond acceptors (Lipinski definition) is 5. The van der Waals surface area contributed by atoms with E-state index < -0.39 is 0 Å². The van der Waals surface area contributed by atoms with Crippen LogP contribution in [0.1, 0.15) is 103 Å². The van der Waals surface area contributed by atoms with Crippen LogP contribution in [0.25, 0.3) is 76.0 Å². The summed E-state index contributed by atoms with van der Waals surface area (Å²) in [5, 5.41) is 4.79. The number of fused-ring (bicyclic) bond motifs is 6. The first-order chi connectivity index (χ1) is 26.2. The summed E-state index contributed by atoms with van der Waals surface area (Å²) in [6.45, 7) is 29.9. The lowest BCUT2D eigenvalue weighted by molar-refractivity contribution is 0.669. The Morgan fingerprint density at radius 2 is 0.925 bits per heavy atom. The molecule has 3 heterocycles. The predicted molar refractivity (Wildman–Crippen MR) is 240 cm³/mol. The van der Waals surface area contributed by atoms with E-state index in [-0.39, 0.29) is 0 Å². The van der Waals surface area contributed by atoms with Crippen LogP contribution in [-0.2, 0) is 0 Å². The first kappa shape index (κ1) is 46.2. The van der Waals surface area contributed by atoms with Crippen LogP contribution in [0.4, 0.5) is 0 Å². The fourth-order valence-corrected chi connectivity index (χ4v) is 6.64. The summed E-state index contributed by atoms with van der Waals surface area (Å²) < 4.78 is 8.71. The van der Waals surface area contributed by atoms with Crippen molar-refractivity contribution >= 4 is 53.4 Å². The molecule has 0 amide bonds. The normalized spacial score (nSPS) is 9.42. The smallest absolute Gasteiger partial charge is 0.163 e. The van der Waals surface area contributed by atoms with Gasteiger partial charge in [0.15, 0.2) is 11.6 Å². The average molecular weight is 730 g/mol. The molecule has 0 N–H and O–H groups in total. The van der Waals surface area contributed by atoms with E-state index in [4.69, 9.17) is 14.4 Å². The Balaban J connectivity index is 0.000000907. The Morgan fingerprint density at radius 1 is 0.415 bits per heavy atom. The van der Waals surface area contributed by atoms with Gasteiger partial charge in [-0.25, -0.2) is 15.0 Å². The van der Waals surface area contributed by atoms with Crippen molar-refractivity contribution in [1.82, 2.24) is 15.0 Å². The number of furan rings is 1. The topological polar surface area (TPSA) is 51.8 Å². The van der Waals surface area contributed by atoms with Crippen molar-refractivity contribution in [2.24, 2.45) is 0 Å². The van der Waals surface area contributed by atoms with Crippen LogP contribution in [0.3, 0.4) is 0 Å². The Bertz CT molecular complexity index is 2210. The molecule has 53 heavy (non-hydrogen) atoms. The van der Waals surface area contributed by atoms with Gasteiger partial charge in [0.1, 0.15) is 17.0 Å². The molecule has 282 valence electrons. The van der Waals surface area contributed by atoms with Crippen LogP contribution in [0.2, 0.25) is 0 Å². The van der Waals surface area contributed by atoms with Crippen LogP contribution in [0.5, 0.6) is 0 Å². The maximum Gasteiger partial charge on any atom is 0.163 e. The third-order valence-electron chi connectivity index (χ3n) is 7.22. The van der Waals surface area contributed by atoms with E-state index in [1.807, 2.05) is 139 Å². The van der Waals surface area contributed by atoms with Crippen LogP contribution in [0.15, 0.2) is 114 Å². The second kappa shape index (κ2) is 25.2. The Kier molecular flexibility index (Phi) is 21.9. The molecule has 0 radical (unpaired) electrons. The van der Waals surface area contributed by atoms with Gasteiger partial charge in [0.05, 0.1) is 0 Å². The van der Waals surface area contributed by atoms with Crippen molar-refractivity contribution in [2.45, 2.75) is 104 Å². The van der Waals surface area contributed by atoms with Crippen molar-refractivity contribution in [2.75, 3.05) is 0 Å². The largest absolute Gasteiger partial charge is 0.456 e. The lowest BCUT2D eigenvalue weighted by Gasteiger charge is -2.08. The van der Waals surface area contributed by atoms with Gasteiger partial charge in [-0.05, 0) is 48.4 Å². The quantitative estimate of drug-likeness (QED) is 0.182. The van der Waals surface area contributed by atoms with Crippen molar-refractivity contribution in [1.29, 1.82) is 0 Å². The SMILES string of the molecule is CC.CC.CC.CC.CC.CC.CC.Cc1nc(-c2cccc(-c3cccc4c3sc3ccccc34)c2)nc(-c2ccc3c(c2)oc2ccccc23)n1. The summed E-state index contributed by atoms with van der Waals surface area (Å²) in [5.74, 6) is 1.97. The van der Waals surface area contributed by atoms with E-state index in [0.717, 1.165) is 38.6 Å². The zero-order valence-corrected chi connectivity index (χ0v) is 35.9. The second-order valence-corrected chi connectivity index (χ2v) is 10.8. The van der Waals surface area contributed by atoms with Gasteiger partial charge in [0, 0.05) is 42.1 Å². The molecule has 0 fully saturated rings. The summed E-state index contributed by atoms with van der Waals surface area (Å²) in [6.07, 6.45) is 0. The van der Waals surface area contributed by atoms with Gasteiger partial charge in [-0.3, -0.25) is 0 Å². The number of nitrogens with zero attached hydrogens (tertiary/aromatic N) is 3. The minimum absolute atomic E-state index is 0.636. The molecule has 4 nitrogen and oxygen atoms in total. The standard InChI is InChI=1S/C34H21N3OS.7C2H6/c1-20-35-33(37-34(36-20)23-16-17-26-25-10-2-4-14-29(25)38-30(26)19-23)22-9-6-8-21(18-22)24-12-7-13-28-27-11-3-5-15-31(27)39-32(24)28;7*1-2/h2-19H,1H3;7*1-2H3. The van der Waals surface area contributed by atoms with Crippen LogP contribution < -0.4 is 0 Å². The van der Waals surface area contributed by atoms with E-state index >= 15 is 0 Å². The van der Waals surface area contributed by atoms with Crippen LogP contribution >= 0.6 is 11.3 Å². The molecule has 5 heteroatoms. The second-order valence-electron chi connectivity index (χ2n) is 9.70. The number of thiophene rings is 1. The maximum atomic E-state index is 6.11. The van der Waals surface area contributed by atoms with E-state index in [0.29, 0.717) is 17.5 Å². The van der Waals surface area contributed by atoms with E-state index in [9.17, 15) is 0 Å². The van der Waals surface area contributed by atoms with Gasteiger partial charge >= 0.3 is 0 Å². The molecule has 0 bridgehead atoms. The predicted octanol–water partition coefficient (Wildman–Crippen LogP) is 16.6. The fourth-order valence-electron chi connectivity index (χ4n) is 5.41. The molecule has 0 unspecified atom stereocenters. The molecule has 0 aliphatic heterocycles. The molecular weight excluding hydrogens is 667 g/mol. The Morgan fingerprint density at radius 3 is 1.58 bits per heavy atom. The number of hydrogen-bond donors (Lipinski definition) is 0. The summed E-state index contributed by atoms with van der Waals surface area (Å²) in [4.78, 5) is 14.3. The molecule has 8 aromatic rings. The molecule has 0 aliphatic carbocycles. The molecule has 0 aliphatic rings. The summed E-state index contributed by atoms with van der Waals surface area (Å²) >= 11 is 1.84. The number of aromatic nitrogens is 3. The highest BCUT2D eigenvalue weighted by Crippen LogP contribution is 2.40. The van der Waals surface area contributed by atoms with Crippen molar-refractivity contribution in [3.05, 3.63) is 115 Å². The van der Waals surface area contributed by atoms with Gasteiger partial charge in [-0.1, -0.05) is 176 Å². The van der Waals surface area contributed by atoms with Crippen LogP contribution in [0, 0.1) is 6.92 Å². The number of rotatable bonds is 3. The van der Waals surface area contributed by atoms with Gasteiger partial charge in [-0.2, -0.15) is 0 Å². The molecule has 5 aromatic carbocycles. The molecule has 0 atom stereocenters. The number of aryl methyl sites for hydroxylation is 1. The van der Waals surface area contributed by atoms with E-state index in [1.165, 1.54) is 25.7 Å². The first-order valence-electron chi connectivity index (χ1n) is 19.9. The Hall–Kier alpha value is -4.87. The number of benzene rings is 5. The highest BCUT2D eigenvalue weighted by atomic mass is 32.1. The molecular formula is C48H63N3OS. The van der Waals surface area contributed by atoms with Crippen molar-refractivity contribution in [3.8, 4) is 33.9 Å². The number of para-hydroxylation sites is 1. The van der Waals surface area contributed by atoms with E-state index in [2.05, 4.69) is 89.9 Å². The zero-order chi connectivity index (χ0) is 39.9. The summed E-state index contributed by atoms with van der Waals surface area (Å²) in [6, 6.07) is 37.9. The minimum Gasteiger partial charge on any atom is -0.456 e. The van der Waals surface area contributed by atoms with E-state index in [1.54, 1.807) is 0 Å². The van der Waals surface area contributed by atoms with Crippen molar-refractivity contribution in [3.63, 3.8) is 0 Å². The third-order valence-corrected chi connectivity index (χ3v) is 8.44. The van der Waals surface area contributed by atoms with Crippen LogP contribution in [-0.4, -0.2) is 15.0 Å². The molecule has 8 rings (SSSR count). The fraction of sp³-hybridized carbons (Fsp3) is 0.312. The minimum atomic E-state index is 0.636. The molecule has 0 saturated heterocycles. The van der Waals surface area contributed by atoms with Gasteiger partial charge in [0.2, 0.25) is 0 Å². The lowest BCUT2D eigenvalue weighted by atomic mass is 10.0. The Labute approximate surface area is 324 Å². The lowest BCUT2D eigenvalue weighted by Crippen LogP contribution is -1.99. The molecule has 0 saturated carbocycles. The van der Waals surface area contributed by atoms with Gasteiger partial charge < -0.3 is 4.42 Å². The first-order valence-corrected chi connectivity index (χ1v) is 20.7. The van der Waals surface area contributed by atoms with Crippen molar-refractivity contribution < 1.29 is 4.42 Å². The summed E-state index contributed by atoms with van der Waals surface area (Å²) in [7, 11) is 0. The average Bonchev–Trinajstić information content (AvgIpc) is 3.84. The monoisotopic (exact) mass is 729 g/mol. The zero-order valence-electron chi connectivity index (χ0n) is 35.1. The third kappa shape index (κ3) is 10.8. The molecule has 3 aromatic heterocycles.